The number of halogens is 1. The van der Waals surface area contributed by atoms with Crippen molar-refractivity contribution in [2.45, 2.75) is 77.4 Å². The van der Waals surface area contributed by atoms with E-state index in [1.54, 1.807) is 0 Å². The Kier molecular flexibility index (Phi) is 5.11. The van der Waals surface area contributed by atoms with E-state index in [0.717, 1.165) is 67.0 Å². The van der Waals surface area contributed by atoms with Crippen molar-refractivity contribution in [2.24, 2.45) is 0 Å². The minimum Gasteiger partial charge on any atom is -0.340 e. The predicted octanol–water partition coefficient (Wildman–Crippen LogP) is 4.78. The number of benzene rings is 1. The van der Waals surface area contributed by atoms with Gasteiger partial charge in [0.2, 0.25) is 5.89 Å². The molecule has 5 rings (SSSR count). The highest BCUT2D eigenvalue weighted by Gasteiger charge is 2.32. The number of fused-ring (bicyclic) bond motifs is 3. The van der Waals surface area contributed by atoms with Crippen molar-refractivity contribution in [3.8, 4) is 5.69 Å². The first-order valence-electron chi connectivity index (χ1n) is 10.8. The molecule has 7 nitrogen and oxygen atoms in total. The van der Waals surface area contributed by atoms with Crippen LogP contribution < -0.4 is 0 Å². The van der Waals surface area contributed by atoms with E-state index in [4.69, 9.17) is 16.1 Å². The molecule has 0 spiro atoms. The Balaban J connectivity index is 1.46. The lowest BCUT2D eigenvalue weighted by molar-refractivity contribution is 0.201. The molecule has 3 aromatic rings. The van der Waals surface area contributed by atoms with E-state index >= 15 is 0 Å². The van der Waals surface area contributed by atoms with Gasteiger partial charge in [0.15, 0.2) is 11.6 Å². The number of hydrogen-bond donors (Lipinski definition) is 0. The van der Waals surface area contributed by atoms with Crippen molar-refractivity contribution in [1.82, 2.24) is 29.8 Å². The summed E-state index contributed by atoms with van der Waals surface area (Å²) in [7, 11) is 0. The van der Waals surface area contributed by atoms with Crippen molar-refractivity contribution < 1.29 is 4.52 Å². The summed E-state index contributed by atoms with van der Waals surface area (Å²) in [5, 5.41) is 14.2. The highest BCUT2D eigenvalue weighted by molar-refractivity contribution is 6.30. The van der Waals surface area contributed by atoms with Crippen molar-refractivity contribution in [1.29, 1.82) is 0 Å². The largest absolute Gasteiger partial charge is 0.340 e. The zero-order valence-electron chi connectivity index (χ0n) is 17.7. The minimum atomic E-state index is 0.368. The maximum Gasteiger partial charge on any atom is 0.223 e. The minimum absolute atomic E-state index is 0.368. The first-order chi connectivity index (χ1) is 14.5. The molecule has 8 heteroatoms. The van der Waals surface area contributed by atoms with E-state index in [0.29, 0.717) is 23.8 Å². The lowest BCUT2D eigenvalue weighted by atomic mass is 9.81. The fraction of sp³-hybridized carbons (Fsp3) is 0.545. The summed E-state index contributed by atoms with van der Waals surface area (Å²) in [5.74, 6) is 4.31. The fourth-order valence-corrected chi connectivity index (χ4v) is 4.97. The van der Waals surface area contributed by atoms with Crippen LogP contribution in [0.5, 0.6) is 0 Å². The first kappa shape index (κ1) is 19.7. The van der Waals surface area contributed by atoms with Crippen molar-refractivity contribution in [2.75, 3.05) is 0 Å². The van der Waals surface area contributed by atoms with Crippen LogP contribution in [0.4, 0.5) is 0 Å². The Hall–Kier alpha value is -2.25. The molecule has 1 aromatic carbocycles. The second kappa shape index (κ2) is 7.78. The molecule has 0 N–H and O–H groups in total. The molecular weight excluding hydrogens is 400 g/mol. The van der Waals surface area contributed by atoms with Crippen molar-refractivity contribution in [3.63, 3.8) is 0 Å². The average Bonchev–Trinajstić information content (AvgIpc) is 3.30. The van der Waals surface area contributed by atoms with Gasteiger partial charge in [-0.3, -0.25) is 9.47 Å². The van der Waals surface area contributed by atoms with Crippen LogP contribution in [0, 0.1) is 6.92 Å². The van der Waals surface area contributed by atoms with Gasteiger partial charge in [-0.25, -0.2) is 0 Å². The number of aryl methyl sites for hydroxylation is 1. The maximum absolute atomic E-state index is 6.34. The molecule has 1 aliphatic carbocycles. The number of rotatable bonds is 3. The summed E-state index contributed by atoms with van der Waals surface area (Å²) in [4.78, 5) is 6.86. The van der Waals surface area contributed by atoms with E-state index < -0.39 is 0 Å². The average molecular weight is 427 g/mol. The van der Waals surface area contributed by atoms with Gasteiger partial charge < -0.3 is 4.52 Å². The summed E-state index contributed by atoms with van der Waals surface area (Å²) in [6.07, 6.45) is 4.18. The monoisotopic (exact) mass is 426 g/mol. The number of hydrogen-bond acceptors (Lipinski definition) is 6. The Morgan fingerprint density at radius 3 is 2.53 bits per heavy atom. The standard InChI is InChI=1S/C22H27ClN6O/c1-13(2)28-11-17-10-18(23)8-9-19(17)29-20(12-28)25-26-22(29)16-6-4-15(5-7-16)21-24-14(3)30-27-21/h8-10,13,15-16H,4-7,11-12H2,1-3H3/t15-,16+. The fourth-order valence-electron chi connectivity index (χ4n) is 4.77. The van der Waals surface area contributed by atoms with Gasteiger partial charge in [-0.15, -0.1) is 10.2 Å². The Morgan fingerprint density at radius 2 is 1.83 bits per heavy atom. The third-order valence-corrected chi connectivity index (χ3v) is 6.72. The van der Waals surface area contributed by atoms with Crippen molar-refractivity contribution in [3.05, 3.63) is 52.1 Å². The predicted molar refractivity (Wildman–Crippen MR) is 114 cm³/mol. The Morgan fingerprint density at radius 1 is 1.07 bits per heavy atom. The van der Waals surface area contributed by atoms with Gasteiger partial charge in [0.05, 0.1) is 12.2 Å². The molecule has 2 aliphatic rings. The molecule has 0 amide bonds. The molecule has 1 fully saturated rings. The smallest absolute Gasteiger partial charge is 0.223 e. The van der Waals surface area contributed by atoms with Crippen molar-refractivity contribution >= 4 is 11.6 Å². The molecule has 0 bridgehead atoms. The van der Waals surface area contributed by atoms with Crippen LogP contribution in [0.3, 0.4) is 0 Å². The summed E-state index contributed by atoms with van der Waals surface area (Å²) < 4.78 is 7.47. The van der Waals surface area contributed by atoms with E-state index in [1.165, 1.54) is 5.56 Å². The lowest BCUT2D eigenvalue weighted by Gasteiger charge is -2.26. The van der Waals surface area contributed by atoms with Crippen LogP contribution in [0.25, 0.3) is 5.69 Å². The van der Waals surface area contributed by atoms with Gasteiger partial charge >= 0.3 is 0 Å². The molecule has 0 unspecified atom stereocenters. The van der Waals surface area contributed by atoms with Gasteiger partial charge in [-0.1, -0.05) is 16.8 Å². The quantitative estimate of drug-likeness (QED) is 0.600. The Bertz CT molecular complexity index is 1050. The van der Waals surface area contributed by atoms with Gasteiger partial charge in [-0.05, 0) is 63.3 Å². The van der Waals surface area contributed by atoms with Crippen LogP contribution in [0.2, 0.25) is 5.02 Å². The second-order valence-electron chi connectivity index (χ2n) is 8.80. The van der Waals surface area contributed by atoms with Gasteiger partial charge in [-0.2, -0.15) is 4.98 Å². The molecule has 3 heterocycles. The molecular formula is C22H27ClN6O. The molecule has 158 valence electrons. The molecule has 0 radical (unpaired) electrons. The van der Waals surface area contributed by atoms with Crippen LogP contribution in [0.1, 0.15) is 80.3 Å². The molecule has 2 aromatic heterocycles. The number of nitrogens with zero attached hydrogens (tertiary/aromatic N) is 6. The zero-order valence-corrected chi connectivity index (χ0v) is 18.4. The van der Waals surface area contributed by atoms with Gasteiger partial charge in [0, 0.05) is 36.4 Å². The number of aromatic nitrogens is 5. The molecule has 0 atom stereocenters. The molecule has 30 heavy (non-hydrogen) atoms. The molecule has 0 saturated heterocycles. The highest BCUT2D eigenvalue weighted by atomic mass is 35.5. The maximum atomic E-state index is 6.34. The van der Waals surface area contributed by atoms with Crippen LogP contribution in [0.15, 0.2) is 22.7 Å². The summed E-state index contributed by atoms with van der Waals surface area (Å²) in [5.41, 5.74) is 2.39. The topological polar surface area (TPSA) is 72.9 Å². The summed E-state index contributed by atoms with van der Waals surface area (Å²) in [6.45, 7) is 7.93. The molecule has 1 saturated carbocycles. The van der Waals surface area contributed by atoms with Gasteiger partial charge in [0.1, 0.15) is 5.82 Å². The van der Waals surface area contributed by atoms with E-state index in [2.05, 4.69) is 55.8 Å². The summed E-state index contributed by atoms with van der Waals surface area (Å²) >= 11 is 6.34. The van der Waals surface area contributed by atoms with Crippen LogP contribution in [-0.2, 0) is 13.1 Å². The summed E-state index contributed by atoms with van der Waals surface area (Å²) in [6, 6.07) is 6.58. The zero-order chi connectivity index (χ0) is 20.8. The van der Waals surface area contributed by atoms with Gasteiger partial charge in [0.25, 0.3) is 0 Å². The van der Waals surface area contributed by atoms with Crippen LogP contribution in [-0.4, -0.2) is 35.8 Å². The molecule has 1 aliphatic heterocycles. The van der Waals surface area contributed by atoms with Crippen LogP contribution >= 0.6 is 11.6 Å². The lowest BCUT2D eigenvalue weighted by Crippen LogP contribution is -2.29. The third-order valence-electron chi connectivity index (χ3n) is 6.49. The normalized spacial score (nSPS) is 22.0. The highest BCUT2D eigenvalue weighted by Crippen LogP contribution is 2.40. The SMILES string of the molecule is Cc1nc([C@H]2CC[C@@H](c3nnc4n3-c3ccc(Cl)cc3CN(C(C)C)C4)CC2)no1. The second-order valence-corrected chi connectivity index (χ2v) is 9.24. The van der Waals surface area contributed by atoms with E-state index in [9.17, 15) is 0 Å². The third kappa shape index (κ3) is 3.54. The van der Waals surface area contributed by atoms with E-state index in [1.807, 2.05) is 13.0 Å². The first-order valence-corrected chi connectivity index (χ1v) is 11.1. The Labute approximate surface area is 181 Å². The van der Waals surface area contributed by atoms with E-state index in [-0.39, 0.29) is 0 Å².